The summed E-state index contributed by atoms with van der Waals surface area (Å²) in [5, 5.41) is 15.8. The van der Waals surface area contributed by atoms with Crippen LogP contribution >= 0.6 is 0 Å². The smallest absolute Gasteiger partial charge is 0.253 e. The van der Waals surface area contributed by atoms with Gasteiger partial charge in [0.15, 0.2) is 0 Å². The van der Waals surface area contributed by atoms with Crippen LogP contribution in [0.3, 0.4) is 0 Å². The largest absolute Gasteiger partial charge is 1.00 e. The predicted molar refractivity (Wildman–Crippen MR) is 33.6 cm³/mol. The Morgan fingerprint density at radius 3 is 1.82 bits per heavy atom. The zero-order valence-electron chi connectivity index (χ0n) is 5.90. The molecule has 0 saturated carbocycles. The van der Waals surface area contributed by atoms with E-state index in [1.54, 1.807) is 0 Å². The summed E-state index contributed by atoms with van der Waals surface area (Å²) in [5.41, 5.74) is 0. The number of rotatable bonds is 2. The fourth-order valence-corrected chi connectivity index (χ4v) is 0.657. The van der Waals surface area contributed by atoms with Crippen molar-refractivity contribution in [2.75, 3.05) is 0 Å². The van der Waals surface area contributed by atoms with E-state index >= 15 is 0 Å². The fraction of sp³-hybridized carbons (Fsp3) is 0. The molecule has 0 radical (unpaired) electrons. The van der Waals surface area contributed by atoms with E-state index in [1.807, 2.05) is 0 Å². The van der Waals surface area contributed by atoms with E-state index in [0.29, 0.717) is 5.41 Å². The molecule has 0 heterocycles. The molecule has 0 atom stereocenters. The fourth-order valence-electron chi connectivity index (χ4n) is 0.236. The van der Waals surface area contributed by atoms with Gasteiger partial charge >= 0.3 is 18.9 Å². The van der Waals surface area contributed by atoms with Crippen LogP contribution in [0.15, 0.2) is 12.0 Å². The standard InChI is InChI=1S/C5H3N2O2S.Li/c1-2-10(8,9)5(3-6)4-7;/h2H,1H2;/q-1;+1. The summed E-state index contributed by atoms with van der Waals surface area (Å²) in [6.45, 7) is 2.94. The van der Waals surface area contributed by atoms with Gasteiger partial charge in [0, 0.05) is 0 Å². The molecular weight excluding hydrogens is 159 g/mol. The van der Waals surface area contributed by atoms with Crippen molar-refractivity contribution in [2.24, 2.45) is 0 Å². The maximum Gasteiger partial charge on any atom is 1.00 e. The maximum absolute atomic E-state index is 10.6. The Bertz CT molecular complexity index is 294. The first-order chi connectivity index (χ1) is 4.58. The molecule has 0 aromatic rings. The van der Waals surface area contributed by atoms with Crippen LogP contribution in [0.25, 0.3) is 0 Å². The first-order valence-electron chi connectivity index (χ1n) is 2.13. The molecule has 0 rings (SSSR count). The van der Waals surface area contributed by atoms with Crippen molar-refractivity contribution in [1.82, 2.24) is 0 Å². The van der Waals surface area contributed by atoms with Crippen LogP contribution in [0.1, 0.15) is 0 Å². The number of hydrogen-bond donors (Lipinski definition) is 0. The van der Waals surface area contributed by atoms with Gasteiger partial charge in [-0.1, -0.05) is 24.0 Å². The van der Waals surface area contributed by atoms with Gasteiger partial charge in [0.2, 0.25) is 0 Å². The van der Waals surface area contributed by atoms with E-state index in [4.69, 9.17) is 10.5 Å². The van der Waals surface area contributed by atoms with Gasteiger partial charge in [0.05, 0.1) is 9.84 Å². The van der Waals surface area contributed by atoms with Crippen molar-refractivity contribution >= 4 is 9.84 Å². The molecule has 0 aliphatic rings. The second-order valence-corrected chi connectivity index (χ2v) is 3.10. The molecule has 0 aliphatic heterocycles. The topological polar surface area (TPSA) is 81.7 Å². The quantitative estimate of drug-likeness (QED) is 0.323. The van der Waals surface area contributed by atoms with Crippen LogP contribution in [0.2, 0.25) is 0 Å². The van der Waals surface area contributed by atoms with Crippen molar-refractivity contribution in [3.63, 3.8) is 0 Å². The van der Waals surface area contributed by atoms with Gasteiger partial charge in [0.25, 0.3) is 0 Å². The van der Waals surface area contributed by atoms with Crippen molar-refractivity contribution in [2.45, 2.75) is 0 Å². The molecule has 0 N–H and O–H groups in total. The van der Waals surface area contributed by atoms with Crippen molar-refractivity contribution in [3.05, 3.63) is 17.2 Å². The molecule has 0 aromatic heterocycles. The van der Waals surface area contributed by atoms with Crippen molar-refractivity contribution in [1.29, 1.82) is 10.5 Å². The Balaban J connectivity index is 0. The molecule has 6 heteroatoms. The Hall–Kier alpha value is -0.863. The van der Waals surface area contributed by atoms with Gasteiger partial charge in [-0.15, -0.1) is 0 Å². The van der Waals surface area contributed by atoms with Gasteiger partial charge in [-0.05, 0) is 5.41 Å². The summed E-state index contributed by atoms with van der Waals surface area (Å²) < 4.78 is 21.1. The second-order valence-electron chi connectivity index (χ2n) is 1.26. The van der Waals surface area contributed by atoms with Crippen LogP contribution in [-0.2, 0) is 9.84 Å². The van der Waals surface area contributed by atoms with Crippen LogP contribution in [-0.4, -0.2) is 8.42 Å². The number of hydrogen-bond acceptors (Lipinski definition) is 4. The minimum absolute atomic E-state index is 0. The molecular formula is C5H3LiN2O2S. The second kappa shape index (κ2) is 4.88. The molecule has 0 bridgehead atoms. The third kappa shape index (κ3) is 3.16. The number of nitrogens with zero attached hydrogens (tertiary/aromatic N) is 2. The predicted octanol–water partition coefficient (Wildman–Crippen LogP) is -2.87. The number of nitriles is 2. The summed E-state index contributed by atoms with van der Waals surface area (Å²) in [5.74, 6) is 0. The summed E-state index contributed by atoms with van der Waals surface area (Å²) in [4.78, 5) is 0. The molecule has 0 aromatic carbocycles. The van der Waals surface area contributed by atoms with E-state index in [2.05, 4.69) is 6.58 Å². The Kier molecular flexibility index (Phi) is 5.67. The minimum atomic E-state index is -3.80. The van der Waals surface area contributed by atoms with Crippen molar-refractivity contribution in [3.8, 4) is 12.1 Å². The Morgan fingerprint density at radius 1 is 1.36 bits per heavy atom. The molecule has 0 amide bonds. The van der Waals surface area contributed by atoms with Gasteiger partial charge in [-0.2, -0.15) is 0 Å². The Morgan fingerprint density at radius 2 is 1.73 bits per heavy atom. The Labute approximate surface area is 77.2 Å². The van der Waals surface area contributed by atoms with Crippen LogP contribution < -0.4 is 18.9 Å². The molecule has 0 unspecified atom stereocenters. The summed E-state index contributed by atoms with van der Waals surface area (Å²) in [6, 6.07) is 2.48. The third-order valence-corrected chi connectivity index (χ3v) is 1.90. The van der Waals surface area contributed by atoms with Gasteiger partial charge in [0.1, 0.15) is 0 Å². The van der Waals surface area contributed by atoms with Crippen molar-refractivity contribution < 1.29 is 27.3 Å². The van der Waals surface area contributed by atoms with Gasteiger partial charge < -0.3 is 0 Å². The summed E-state index contributed by atoms with van der Waals surface area (Å²) >= 11 is 0. The van der Waals surface area contributed by atoms with Gasteiger partial charge in [-0.3, -0.25) is 8.42 Å². The monoisotopic (exact) mass is 162 g/mol. The molecule has 52 valence electrons. The SMILES string of the molecule is C=CS(=O)(=O)[C-](C#N)C#N.[Li+]. The zero-order valence-corrected chi connectivity index (χ0v) is 6.72. The summed E-state index contributed by atoms with van der Waals surface area (Å²) in [7, 11) is -3.80. The van der Waals surface area contributed by atoms with E-state index in [-0.39, 0.29) is 18.9 Å². The third-order valence-electron chi connectivity index (χ3n) is 0.707. The normalized spacial score (nSPS) is 8.18. The molecule has 0 aliphatic carbocycles. The maximum atomic E-state index is 10.6. The van der Waals surface area contributed by atoms with E-state index in [1.165, 1.54) is 12.1 Å². The molecule has 11 heavy (non-hydrogen) atoms. The first kappa shape index (κ1) is 12.8. The van der Waals surface area contributed by atoms with E-state index in [9.17, 15) is 8.42 Å². The van der Waals surface area contributed by atoms with E-state index in [0.717, 1.165) is 0 Å². The number of sulfone groups is 1. The first-order valence-corrected chi connectivity index (χ1v) is 3.67. The average Bonchev–Trinajstić information content (AvgIpc) is 1.90. The molecule has 4 nitrogen and oxygen atoms in total. The van der Waals surface area contributed by atoms with E-state index < -0.39 is 15.1 Å². The van der Waals surface area contributed by atoms with Crippen LogP contribution in [0, 0.1) is 27.9 Å². The minimum Gasteiger partial charge on any atom is -0.253 e. The molecule has 0 fully saturated rings. The average molecular weight is 162 g/mol. The summed E-state index contributed by atoms with van der Waals surface area (Å²) in [6.07, 6.45) is 0. The molecule has 0 spiro atoms. The van der Waals surface area contributed by atoms with Crippen LogP contribution in [0.5, 0.6) is 0 Å². The molecule has 0 saturated heterocycles. The zero-order chi connectivity index (χ0) is 8.20. The van der Waals surface area contributed by atoms with Gasteiger partial charge in [-0.25, -0.2) is 10.5 Å². The van der Waals surface area contributed by atoms with Crippen LogP contribution in [0.4, 0.5) is 0 Å².